The number of hydrogen-bond donors (Lipinski definition) is 1. The average molecular weight is 214 g/mol. The molecule has 3 heteroatoms. The molecule has 82 valence electrons. The highest BCUT2D eigenvalue weighted by molar-refractivity contribution is 7.99. The normalized spacial score (nSPS) is 25.9. The van der Waals surface area contributed by atoms with E-state index in [-0.39, 0.29) is 5.54 Å². The van der Waals surface area contributed by atoms with Gasteiger partial charge in [0.2, 0.25) is 0 Å². The molecule has 1 saturated carbocycles. The van der Waals surface area contributed by atoms with Gasteiger partial charge >= 0.3 is 0 Å². The fourth-order valence-electron chi connectivity index (χ4n) is 1.64. The molecule has 1 saturated heterocycles. The lowest BCUT2D eigenvalue weighted by molar-refractivity contribution is 0.179. The van der Waals surface area contributed by atoms with Crippen LogP contribution in [0.15, 0.2) is 0 Å². The third-order valence-corrected chi connectivity index (χ3v) is 4.53. The minimum absolute atomic E-state index is 0.245. The van der Waals surface area contributed by atoms with E-state index >= 15 is 0 Å². The van der Waals surface area contributed by atoms with Crippen LogP contribution in [0.5, 0.6) is 0 Å². The number of nitrogens with one attached hydrogen (secondary N) is 1. The van der Waals surface area contributed by atoms with E-state index in [2.05, 4.69) is 30.4 Å². The van der Waals surface area contributed by atoms with Gasteiger partial charge in [0.1, 0.15) is 0 Å². The monoisotopic (exact) mass is 214 g/mol. The van der Waals surface area contributed by atoms with Crippen molar-refractivity contribution in [3.05, 3.63) is 0 Å². The summed E-state index contributed by atoms with van der Waals surface area (Å²) in [4.78, 5) is 2.59. The quantitative estimate of drug-likeness (QED) is 0.723. The Morgan fingerprint density at radius 2 is 1.93 bits per heavy atom. The van der Waals surface area contributed by atoms with Crippen molar-refractivity contribution in [2.75, 3.05) is 19.6 Å². The second-order valence-electron chi connectivity index (χ2n) is 5.77. The summed E-state index contributed by atoms with van der Waals surface area (Å²) in [5.41, 5.74) is 0.245. The summed E-state index contributed by atoms with van der Waals surface area (Å²) in [6, 6.07) is 0. The molecule has 0 spiro atoms. The molecule has 0 atom stereocenters. The van der Waals surface area contributed by atoms with Gasteiger partial charge in [-0.05, 0) is 53.1 Å². The summed E-state index contributed by atoms with van der Waals surface area (Å²) < 4.78 is 4.13. The minimum atomic E-state index is 0.245. The van der Waals surface area contributed by atoms with Gasteiger partial charge in [0.05, 0.1) is 0 Å². The third-order valence-electron chi connectivity index (χ3n) is 2.84. The molecule has 2 fully saturated rings. The first-order valence-electron chi connectivity index (χ1n) is 5.67. The van der Waals surface area contributed by atoms with Crippen LogP contribution in [-0.4, -0.2) is 34.8 Å². The number of likely N-dealkylation sites (tertiary alicyclic amines) is 1. The second-order valence-corrected chi connectivity index (χ2v) is 7.04. The smallest absolute Gasteiger partial charge is 0.0432 e. The summed E-state index contributed by atoms with van der Waals surface area (Å²) in [5.74, 6) is 0. The van der Waals surface area contributed by atoms with Crippen molar-refractivity contribution < 1.29 is 0 Å². The molecule has 2 nitrogen and oxygen atoms in total. The van der Waals surface area contributed by atoms with Crippen LogP contribution in [0.3, 0.4) is 0 Å². The number of rotatable bonds is 4. The molecule has 0 bridgehead atoms. The molecule has 2 rings (SSSR count). The van der Waals surface area contributed by atoms with Crippen molar-refractivity contribution >= 4 is 11.9 Å². The van der Waals surface area contributed by atoms with Crippen molar-refractivity contribution in [3.63, 3.8) is 0 Å². The van der Waals surface area contributed by atoms with Crippen LogP contribution in [-0.2, 0) is 0 Å². The van der Waals surface area contributed by atoms with E-state index in [9.17, 15) is 0 Å². The third kappa shape index (κ3) is 2.88. The first-order chi connectivity index (χ1) is 6.49. The summed E-state index contributed by atoms with van der Waals surface area (Å²) in [7, 11) is 0. The molecule has 0 aromatic heterocycles. The molecule has 0 unspecified atom stereocenters. The Morgan fingerprint density at radius 1 is 1.29 bits per heavy atom. The predicted molar refractivity (Wildman–Crippen MR) is 63.5 cm³/mol. The van der Waals surface area contributed by atoms with Gasteiger partial charge in [0.15, 0.2) is 0 Å². The summed E-state index contributed by atoms with van der Waals surface area (Å²) >= 11 is 1.98. The maximum atomic E-state index is 3.57. The van der Waals surface area contributed by atoms with Crippen LogP contribution in [0.2, 0.25) is 0 Å². The maximum Gasteiger partial charge on any atom is 0.0432 e. The molecule has 0 amide bonds. The van der Waals surface area contributed by atoms with Crippen molar-refractivity contribution in [3.8, 4) is 0 Å². The topological polar surface area (TPSA) is 15.3 Å². The Morgan fingerprint density at radius 3 is 2.29 bits per heavy atom. The Bertz CT molecular complexity index is 202. The van der Waals surface area contributed by atoms with Gasteiger partial charge in [-0.1, -0.05) is 11.9 Å². The Balaban J connectivity index is 1.73. The summed E-state index contributed by atoms with van der Waals surface area (Å²) in [6.07, 6.45) is 4.21. The maximum absolute atomic E-state index is 3.57. The summed E-state index contributed by atoms with van der Waals surface area (Å²) in [5, 5.41) is 0. The van der Waals surface area contributed by atoms with Crippen molar-refractivity contribution in [1.29, 1.82) is 0 Å². The Kier molecular flexibility index (Phi) is 2.84. The Labute approximate surface area is 91.9 Å². The highest BCUT2D eigenvalue weighted by Gasteiger charge is 2.46. The van der Waals surface area contributed by atoms with Gasteiger partial charge in [0, 0.05) is 16.8 Å². The predicted octanol–water partition coefficient (Wildman–Crippen LogP) is 2.26. The zero-order valence-electron chi connectivity index (χ0n) is 9.60. The zero-order chi connectivity index (χ0) is 10.2. The number of hydrogen-bond acceptors (Lipinski definition) is 3. The molecular formula is C11H22N2S. The number of nitrogens with zero attached hydrogens (tertiary/aromatic N) is 1. The zero-order valence-corrected chi connectivity index (χ0v) is 10.4. The lowest BCUT2D eigenvalue weighted by atomic mass is 10.1. The van der Waals surface area contributed by atoms with Gasteiger partial charge in [-0.25, -0.2) is 0 Å². The second kappa shape index (κ2) is 3.69. The van der Waals surface area contributed by atoms with E-state index in [4.69, 9.17) is 0 Å². The molecule has 1 aliphatic carbocycles. The van der Waals surface area contributed by atoms with E-state index in [0.29, 0.717) is 4.75 Å². The molecule has 1 heterocycles. The highest BCUT2D eigenvalue weighted by atomic mass is 32.2. The first kappa shape index (κ1) is 10.8. The van der Waals surface area contributed by atoms with Crippen LogP contribution >= 0.6 is 11.9 Å². The molecule has 14 heavy (non-hydrogen) atoms. The molecule has 1 aliphatic heterocycles. The van der Waals surface area contributed by atoms with Gasteiger partial charge in [0.25, 0.3) is 0 Å². The van der Waals surface area contributed by atoms with Crippen LogP contribution in [0.4, 0.5) is 0 Å². The van der Waals surface area contributed by atoms with Crippen LogP contribution in [0.1, 0.15) is 40.0 Å². The average Bonchev–Trinajstić information content (AvgIpc) is 2.73. The SMILES string of the molecule is CC(C)(C)NSC1(CN2CCC2)CC1. The highest BCUT2D eigenvalue weighted by Crippen LogP contribution is 2.48. The van der Waals surface area contributed by atoms with Crippen molar-refractivity contribution in [2.45, 2.75) is 50.3 Å². The molecule has 0 aromatic carbocycles. The van der Waals surface area contributed by atoms with E-state index in [0.717, 1.165) is 0 Å². The van der Waals surface area contributed by atoms with E-state index in [1.54, 1.807) is 0 Å². The lowest BCUT2D eigenvalue weighted by Gasteiger charge is -2.35. The molecule has 2 aliphatic rings. The van der Waals surface area contributed by atoms with E-state index in [1.807, 2.05) is 11.9 Å². The molecule has 1 N–H and O–H groups in total. The van der Waals surface area contributed by atoms with Gasteiger partial charge in [-0.3, -0.25) is 4.72 Å². The molecule has 0 aromatic rings. The lowest BCUT2D eigenvalue weighted by Crippen LogP contribution is -2.43. The fourth-order valence-corrected chi connectivity index (χ4v) is 2.72. The van der Waals surface area contributed by atoms with E-state index < -0.39 is 0 Å². The standard InChI is InChI=1S/C11H22N2S/c1-10(2,3)12-14-11(5-6-11)9-13-7-4-8-13/h12H,4-9H2,1-3H3. The largest absolute Gasteiger partial charge is 0.302 e. The van der Waals surface area contributed by atoms with Crippen molar-refractivity contribution in [1.82, 2.24) is 9.62 Å². The fraction of sp³-hybridized carbons (Fsp3) is 1.00. The van der Waals surface area contributed by atoms with Crippen molar-refractivity contribution in [2.24, 2.45) is 0 Å². The van der Waals surface area contributed by atoms with Gasteiger partial charge in [-0.2, -0.15) is 0 Å². The van der Waals surface area contributed by atoms with Crippen LogP contribution in [0.25, 0.3) is 0 Å². The van der Waals surface area contributed by atoms with Crippen LogP contribution < -0.4 is 4.72 Å². The molecular weight excluding hydrogens is 192 g/mol. The van der Waals surface area contributed by atoms with E-state index in [1.165, 1.54) is 38.9 Å². The van der Waals surface area contributed by atoms with Gasteiger partial charge < -0.3 is 4.90 Å². The Hall–Kier alpha value is 0.270. The van der Waals surface area contributed by atoms with Crippen LogP contribution in [0, 0.1) is 0 Å². The summed E-state index contributed by atoms with van der Waals surface area (Å²) in [6.45, 7) is 10.7. The first-order valence-corrected chi connectivity index (χ1v) is 6.48. The minimum Gasteiger partial charge on any atom is -0.302 e. The van der Waals surface area contributed by atoms with Gasteiger partial charge in [-0.15, -0.1) is 0 Å². The molecule has 0 radical (unpaired) electrons.